The Morgan fingerprint density at radius 2 is 1.74 bits per heavy atom. The van der Waals surface area contributed by atoms with E-state index < -0.39 is 0 Å². The summed E-state index contributed by atoms with van der Waals surface area (Å²) in [4.78, 5) is 2.69. The largest absolute Gasteiger partial charge is 0.323 e. The molecule has 19 heavy (non-hydrogen) atoms. The molecule has 0 radical (unpaired) electrons. The molecule has 2 heteroatoms. The predicted molar refractivity (Wildman–Crippen MR) is 82.6 cm³/mol. The van der Waals surface area contributed by atoms with Gasteiger partial charge >= 0.3 is 0 Å². The third kappa shape index (κ3) is 2.24. The highest BCUT2D eigenvalue weighted by Gasteiger charge is 2.42. The van der Waals surface area contributed by atoms with Gasteiger partial charge in [0.05, 0.1) is 0 Å². The summed E-state index contributed by atoms with van der Waals surface area (Å²) in [5.41, 5.74) is 8.26. The van der Waals surface area contributed by atoms with Crippen LogP contribution < -0.4 is 5.73 Å². The number of aryl methyl sites for hydroxylation is 1. The first-order valence-corrected chi connectivity index (χ1v) is 7.91. The van der Waals surface area contributed by atoms with Crippen molar-refractivity contribution in [3.63, 3.8) is 0 Å². The molecular formula is C17H21NS. The summed E-state index contributed by atoms with van der Waals surface area (Å²) in [5.74, 6) is 0. The summed E-state index contributed by atoms with van der Waals surface area (Å²) >= 11 is 1.85. The summed E-state index contributed by atoms with van der Waals surface area (Å²) in [5, 5.41) is 0. The first kappa shape index (κ1) is 12.9. The molecule has 0 bridgehead atoms. The Bertz CT molecular complexity index is 537. The van der Waals surface area contributed by atoms with Crippen molar-refractivity contribution in [3.05, 3.63) is 57.8 Å². The molecular weight excluding hydrogens is 250 g/mol. The van der Waals surface area contributed by atoms with E-state index in [4.69, 9.17) is 5.73 Å². The first-order valence-electron chi connectivity index (χ1n) is 7.10. The molecule has 0 spiro atoms. The maximum atomic E-state index is 6.69. The second-order valence-corrected chi connectivity index (χ2v) is 6.97. The Balaban J connectivity index is 2.01. The highest BCUT2D eigenvalue weighted by molar-refractivity contribution is 7.12. The van der Waals surface area contributed by atoms with Crippen molar-refractivity contribution in [2.24, 2.45) is 5.73 Å². The summed E-state index contributed by atoms with van der Waals surface area (Å²) in [7, 11) is 0. The van der Waals surface area contributed by atoms with Crippen molar-refractivity contribution in [1.29, 1.82) is 0 Å². The number of nitrogens with two attached hydrogens (primary N) is 1. The molecule has 1 nitrogen and oxygen atoms in total. The maximum absolute atomic E-state index is 6.69. The van der Waals surface area contributed by atoms with E-state index in [1.54, 1.807) is 0 Å². The third-order valence-corrected chi connectivity index (χ3v) is 5.59. The van der Waals surface area contributed by atoms with Gasteiger partial charge in [0.25, 0.3) is 0 Å². The van der Waals surface area contributed by atoms with Gasteiger partial charge in [-0.3, -0.25) is 0 Å². The lowest BCUT2D eigenvalue weighted by Crippen LogP contribution is -2.35. The molecule has 1 atom stereocenters. The topological polar surface area (TPSA) is 26.0 Å². The van der Waals surface area contributed by atoms with Gasteiger partial charge in [-0.2, -0.15) is 0 Å². The Labute approximate surface area is 119 Å². The van der Waals surface area contributed by atoms with E-state index in [9.17, 15) is 0 Å². The number of rotatable bonds is 3. The van der Waals surface area contributed by atoms with Gasteiger partial charge in [-0.05, 0) is 37.5 Å². The Morgan fingerprint density at radius 3 is 2.32 bits per heavy atom. The van der Waals surface area contributed by atoms with Crippen LogP contribution in [0.5, 0.6) is 0 Å². The van der Waals surface area contributed by atoms with E-state index in [1.165, 1.54) is 41.0 Å². The van der Waals surface area contributed by atoms with Crippen molar-refractivity contribution < 1.29 is 0 Å². The van der Waals surface area contributed by atoms with E-state index >= 15 is 0 Å². The van der Waals surface area contributed by atoms with Gasteiger partial charge in [0, 0.05) is 21.2 Å². The standard InChI is InChI=1S/C17H21NS/c1-13-9-10-15(19-13)16(18)17(11-5-6-12-17)14-7-3-2-4-8-14/h2-4,7-10,16H,5-6,11-12,18H2,1H3. The van der Waals surface area contributed by atoms with Crippen LogP contribution >= 0.6 is 11.3 Å². The number of thiophene rings is 1. The number of hydrogen-bond donors (Lipinski definition) is 1. The summed E-state index contributed by atoms with van der Waals surface area (Å²) in [6.07, 6.45) is 5.03. The smallest absolute Gasteiger partial charge is 0.0488 e. The second-order valence-electron chi connectivity index (χ2n) is 5.66. The van der Waals surface area contributed by atoms with Gasteiger partial charge in [-0.15, -0.1) is 11.3 Å². The SMILES string of the molecule is Cc1ccc(C(N)C2(c3ccccc3)CCCC2)s1. The zero-order chi connectivity index (χ0) is 13.3. The highest BCUT2D eigenvalue weighted by Crippen LogP contribution is 2.49. The fourth-order valence-corrected chi connectivity index (χ4v) is 4.44. The van der Waals surface area contributed by atoms with E-state index in [-0.39, 0.29) is 11.5 Å². The molecule has 1 aliphatic rings. The van der Waals surface area contributed by atoms with Gasteiger partial charge in [-0.25, -0.2) is 0 Å². The van der Waals surface area contributed by atoms with Crippen LogP contribution in [-0.2, 0) is 5.41 Å². The molecule has 1 aliphatic carbocycles. The molecule has 1 saturated carbocycles. The lowest BCUT2D eigenvalue weighted by molar-refractivity contribution is 0.360. The Kier molecular flexibility index (Phi) is 3.46. The normalized spacial score (nSPS) is 19.5. The molecule has 1 fully saturated rings. The van der Waals surface area contributed by atoms with Gasteiger partial charge in [-0.1, -0.05) is 43.2 Å². The van der Waals surface area contributed by atoms with E-state index in [2.05, 4.69) is 49.4 Å². The van der Waals surface area contributed by atoms with Crippen LogP contribution in [0.25, 0.3) is 0 Å². The van der Waals surface area contributed by atoms with Crippen LogP contribution in [-0.4, -0.2) is 0 Å². The molecule has 1 heterocycles. The van der Waals surface area contributed by atoms with Crippen LogP contribution in [0.4, 0.5) is 0 Å². The molecule has 0 saturated heterocycles. The highest BCUT2D eigenvalue weighted by atomic mass is 32.1. The molecule has 1 unspecified atom stereocenters. The number of hydrogen-bond acceptors (Lipinski definition) is 2. The van der Waals surface area contributed by atoms with E-state index in [1.807, 2.05) is 11.3 Å². The first-order chi connectivity index (χ1) is 9.22. The van der Waals surface area contributed by atoms with Crippen molar-refractivity contribution in [2.75, 3.05) is 0 Å². The Morgan fingerprint density at radius 1 is 1.05 bits per heavy atom. The van der Waals surface area contributed by atoms with Crippen LogP contribution in [0.1, 0.15) is 47.0 Å². The van der Waals surface area contributed by atoms with Gasteiger partial charge in [0.2, 0.25) is 0 Å². The minimum Gasteiger partial charge on any atom is -0.323 e. The molecule has 100 valence electrons. The van der Waals surface area contributed by atoms with Crippen molar-refractivity contribution in [1.82, 2.24) is 0 Å². The van der Waals surface area contributed by atoms with Crippen LogP contribution in [0.3, 0.4) is 0 Å². The average Bonchev–Trinajstić information content (AvgIpc) is 3.08. The van der Waals surface area contributed by atoms with E-state index in [0.717, 1.165) is 0 Å². The summed E-state index contributed by atoms with van der Waals surface area (Å²) in [6.45, 7) is 2.16. The molecule has 2 N–H and O–H groups in total. The molecule has 1 aromatic carbocycles. The fraction of sp³-hybridized carbons (Fsp3) is 0.412. The average molecular weight is 271 g/mol. The minimum atomic E-state index is 0.135. The third-order valence-electron chi connectivity index (χ3n) is 4.51. The predicted octanol–water partition coefficient (Wildman–Crippen LogP) is 4.57. The maximum Gasteiger partial charge on any atom is 0.0488 e. The molecule has 0 amide bonds. The Hall–Kier alpha value is -1.12. The molecule has 0 aliphatic heterocycles. The van der Waals surface area contributed by atoms with Crippen molar-refractivity contribution in [3.8, 4) is 0 Å². The van der Waals surface area contributed by atoms with Crippen LogP contribution in [0, 0.1) is 6.92 Å². The summed E-state index contributed by atoms with van der Waals surface area (Å²) in [6, 6.07) is 15.4. The zero-order valence-electron chi connectivity index (χ0n) is 11.4. The van der Waals surface area contributed by atoms with Crippen molar-refractivity contribution >= 4 is 11.3 Å². The van der Waals surface area contributed by atoms with Gasteiger partial charge < -0.3 is 5.73 Å². The monoisotopic (exact) mass is 271 g/mol. The van der Waals surface area contributed by atoms with Gasteiger partial charge in [0.15, 0.2) is 0 Å². The van der Waals surface area contributed by atoms with Gasteiger partial charge in [0.1, 0.15) is 0 Å². The molecule has 2 aromatic rings. The lowest BCUT2D eigenvalue weighted by Gasteiger charge is -2.35. The summed E-state index contributed by atoms with van der Waals surface area (Å²) < 4.78 is 0. The van der Waals surface area contributed by atoms with E-state index in [0.29, 0.717) is 0 Å². The molecule has 1 aromatic heterocycles. The minimum absolute atomic E-state index is 0.135. The zero-order valence-corrected chi connectivity index (χ0v) is 12.2. The number of benzene rings is 1. The van der Waals surface area contributed by atoms with Crippen LogP contribution in [0.2, 0.25) is 0 Å². The fourth-order valence-electron chi connectivity index (χ4n) is 3.45. The van der Waals surface area contributed by atoms with Crippen molar-refractivity contribution in [2.45, 2.75) is 44.1 Å². The second kappa shape index (κ2) is 5.10. The molecule has 3 rings (SSSR count). The van der Waals surface area contributed by atoms with Crippen LogP contribution in [0.15, 0.2) is 42.5 Å². The quantitative estimate of drug-likeness (QED) is 0.869. The lowest BCUT2D eigenvalue weighted by atomic mass is 9.72.